The largest absolute Gasteiger partial charge is 0.463 e. The Labute approximate surface area is 157 Å². The minimum Gasteiger partial charge on any atom is -0.463 e. The van der Waals surface area contributed by atoms with E-state index in [-0.39, 0.29) is 13.2 Å². The number of esters is 4. The molecule has 0 radical (unpaired) electrons. The lowest BCUT2D eigenvalue weighted by Gasteiger charge is -2.44. The molecule has 1 fully saturated rings. The first-order chi connectivity index (χ1) is 12.6. The molecule has 0 aromatic heterocycles. The predicted octanol–water partition coefficient (Wildman–Crippen LogP) is 0.496. The first-order valence-corrected chi connectivity index (χ1v) is 8.57. The van der Waals surface area contributed by atoms with Gasteiger partial charge in [-0.05, 0) is 6.42 Å². The summed E-state index contributed by atoms with van der Waals surface area (Å²) in [7, 11) is 0. The standard InChI is InChI=1S/C17H26O10/c1-6-7-22-17-16(26-12(5)21)15(25-11(4)20)14(24-10(3)19)13(27-17)8-23-9(2)18/h13-17H,6-8H2,1-5H3/t13?,14-,15+,16?,17+/m1/s1. The van der Waals surface area contributed by atoms with Crippen LogP contribution in [0.4, 0.5) is 0 Å². The van der Waals surface area contributed by atoms with Crippen molar-refractivity contribution < 1.29 is 47.6 Å². The van der Waals surface area contributed by atoms with Crippen molar-refractivity contribution in [1.82, 2.24) is 0 Å². The zero-order valence-corrected chi connectivity index (χ0v) is 16.1. The molecule has 1 aliphatic rings. The van der Waals surface area contributed by atoms with E-state index in [1.54, 1.807) is 0 Å². The van der Waals surface area contributed by atoms with Crippen molar-refractivity contribution in [3.05, 3.63) is 0 Å². The molecule has 10 nitrogen and oxygen atoms in total. The van der Waals surface area contributed by atoms with E-state index in [4.69, 9.17) is 28.4 Å². The van der Waals surface area contributed by atoms with Crippen LogP contribution in [0.1, 0.15) is 41.0 Å². The Morgan fingerprint density at radius 3 is 1.78 bits per heavy atom. The molecular formula is C17H26O10. The minimum absolute atomic E-state index is 0.272. The molecule has 2 unspecified atom stereocenters. The van der Waals surface area contributed by atoms with E-state index in [1.165, 1.54) is 13.8 Å². The highest BCUT2D eigenvalue weighted by molar-refractivity contribution is 5.68. The maximum Gasteiger partial charge on any atom is 0.303 e. The molecule has 10 heteroatoms. The van der Waals surface area contributed by atoms with E-state index in [2.05, 4.69) is 0 Å². The molecule has 154 valence electrons. The van der Waals surface area contributed by atoms with Gasteiger partial charge in [0.25, 0.3) is 0 Å². The summed E-state index contributed by atoms with van der Waals surface area (Å²) in [6, 6.07) is 0. The lowest BCUT2D eigenvalue weighted by atomic mass is 9.98. The van der Waals surface area contributed by atoms with Gasteiger partial charge in [-0.2, -0.15) is 0 Å². The van der Waals surface area contributed by atoms with Crippen molar-refractivity contribution >= 4 is 23.9 Å². The molecule has 1 heterocycles. The molecule has 0 aromatic carbocycles. The fourth-order valence-corrected chi connectivity index (χ4v) is 2.56. The predicted molar refractivity (Wildman–Crippen MR) is 88.2 cm³/mol. The lowest BCUT2D eigenvalue weighted by Crippen LogP contribution is -2.63. The Bertz CT molecular complexity index is 546. The summed E-state index contributed by atoms with van der Waals surface area (Å²) >= 11 is 0. The van der Waals surface area contributed by atoms with Gasteiger partial charge in [0.2, 0.25) is 0 Å². The molecule has 27 heavy (non-hydrogen) atoms. The van der Waals surface area contributed by atoms with Crippen LogP contribution in [0.15, 0.2) is 0 Å². The van der Waals surface area contributed by atoms with Crippen LogP contribution in [-0.4, -0.2) is 67.8 Å². The van der Waals surface area contributed by atoms with Gasteiger partial charge in [0.1, 0.15) is 12.7 Å². The summed E-state index contributed by atoms with van der Waals surface area (Å²) in [4.78, 5) is 45.8. The average Bonchev–Trinajstić information content (AvgIpc) is 2.54. The molecule has 0 amide bonds. The Morgan fingerprint density at radius 2 is 1.30 bits per heavy atom. The molecule has 1 rings (SSSR count). The Hall–Kier alpha value is -2.20. The van der Waals surface area contributed by atoms with Crippen molar-refractivity contribution in [2.75, 3.05) is 13.2 Å². The van der Waals surface area contributed by atoms with Gasteiger partial charge in [-0.25, -0.2) is 0 Å². The fourth-order valence-electron chi connectivity index (χ4n) is 2.56. The molecule has 1 aliphatic heterocycles. The van der Waals surface area contributed by atoms with Crippen LogP contribution in [0, 0.1) is 0 Å². The van der Waals surface area contributed by atoms with E-state index in [0.717, 1.165) is 13.8 Å². The van der Waals surface area contributed by atoms with Gasteiger partial charge in [-0.3, -0.25) is 19.2 Å². The first-order valence-electron chi connectivity index (χ1n) is 8.57. The summed E-state index contributed by atoms with van der Waals surface area (Å²) in [5, 5.41) is 0. The summed E-state index contributed by atoms with van der Waals surface area (Å²) in [5.41, 5.74) is 0. The fraction of sp³-hybridized carbons (Fsp3) is 0.765. The van der Waals surface area contributed by atoms with Gasteiger partial charge in [0, 0.05) is 34.3 Å². The van der Waals surface area contributed by atoms with Crippen LogP contribution in [0.5, 0.6) is 0 Å². The van der Waals surface area contributed by atoms with Gasteiger partial charge < -0.3 is 28.4 Å². The van der Waals surface area contributed by atoms with E-state index >= 15 is 0 Å². The minimum atomic E-state index is -1.20. The summed E-state index contributed by atoms with van der Waals surface area (Å²) in [6.07, 6.45) is -4.99. The normalized spacial score (nSPS) is 27.4. The maximum atomic E-state index is 11.6. The van der Waals surface area contributed by atoms with Crippen LogP contribution >= 0.6 is 0 Å². The van der Waals surface area contributed by atoms with Gasteiger partial charge >= 0.3 is 23.9 Å². The number of carbonyl (C=O) groups excluding carboxylic acids is 4. The maximum absolute atomic E-state index is 11.6. The summed E-state index contributed by atoms with van der Waals surface area (Å²) in [5.74, 6) is -2.59. The molecule has 1 saturated heterocycles. The van der Waals surface area contributed by atoms with Crippen molar-refractivity contribution in [1.29, 1.82) is 0 Å². The van der Waals surface area contributed by atoms with Crippen molar-refractivity contribution in [2.45, 2.75) is 71.7 Å². The monoisotopic (exact) mass is 390 g/mol. The Balaban J connectivity index is 3.22. The Kier molecular flexibility index (Phi) is 9.16. The SMILES string of the molecule is CCCO[C@H]1OC(COC(C)=O)[C@@H](OC(C)=O)[C@H](OC(C)=O)C1OC(C)=O. The second-order valence-corrected chi connectivity index (χ2v) is 5.94. The number of ether oxygens (including phenoxy) is 6. The number of hydrogen-bond acceptors (Lipinski definition) is 10. The number of rotatable bonds is 8. The van der Waals surface area contributed by atoms with Crippen molar-refractivity contribution in [3.8, 4) is 0 Å². The highest BCUT2D eigenvalue weighted by atomic mass is 16.7. The van der Waals surface area contributed by atoms with E-state index < -0.39 is 54.6 Å². The number of hydrogen-bond donors (Lipinski definition) is 0. The van der Waals surface area contributed by atoms with Crippen LogP contribution in [0.2, 0.25) is 0 Å². The molecule has 0 aromatic rings. The molecule has 0 saturated carbocycles. The second kappa shape index (κ2) is 10.8. The van der Waals surface area contributed by atoms with Crippen molar-refractivity contribution in [2.24, 2.45) is 0 Å². The zero-order valence-electron chi connectivity index (χ0n) is 16.1. The van der Waals surface area contributed by atoms with E-state index in [1.807, 2.05) is 6.92 Å². The van der Waals surface area contributed by atoms with Gasteiger partial charge in [-0.15, -0.1) is 0 Å². The average molecular weight is 390 g/mol. The van der Waals surface area contributed by atoms with E-state index in [0.29, 0.717) is 6.42 Å². The molecule has 0 spiro atoms. The second-order valence-electron chi connectivity index (χ2n) is 5.94. The molecule has 0 bridgehead atoms. The Morgan fingerprint density at radius 1 is 0.778 bits per heavy atom. The van der Waals surface area contributed by atoms with Crippen LogP contribution in [0.3, 0.4) is 0 Å². The van der Waals surface area contributed by atoms with Crippen LogP contribution in [-0.2, 0) is 47.6 Å². The highest BCUT2D eigenvalue weighted by Crippen LogP contribution is 2.30. The molecular weight excluding hydrogens is 364 g/mol. The summed E-state index contributed by atoms with van der Waals surface area (Å²) in [6.45, 7) is 6.57. The lowest BCUT2D eigenvalue weighted by molar-refractivity contribution is -0.308. The smallest absolute Gasteiger partial charge is 0.303 e. The third-order valence-corrected chi connectivity index (χ3v) is 3.43. The van der Waals surface area contributed by atoms with Gasteiger partial charge in [-0.1, -0.05) is 6.92 Å². The molecule has 0 N–H and O–H groups in total. The number of carbonyl (C=O) groups is 4. The third-order valence-electron chi connectivity index (χ3n) is 3.43. The topological polar surface area (TPSA) is 124 Å². The van der Waals surface area contributed by atoms with Gasteiger partial charge in [0.15, 0.2) is 24.6 Å². The quantitative estimate of drug-likeness (QED) is 0.427. The van der Waals surface area contributed by atoms with Crippen LogP contribution in [0.25, 0.3) is 0 Å². The zero-order chi connectivity index (χ0) is 20.6. The summed E-state index contributed by atoms with van der Waals surface area (Å²) < 4.78 is 32.0. The van der Waals surface area contributed by atoms with Gasteiger partial charge in [0.05, 0.1) is 0 Å². The third kappa shape index (κ3) is 7.51. The highest BCUT2D eigenvalue weighted by Gasteiger charge is 2.52. The van der Waals surface area contributed by atoms with Crippen molar-refractivity contribution in [3.63, 3.8) is 0 Å². The molecule has 0 aliphatic carbocycles. The van der Waals surface area contributed by atoms with Crippen LogP contribution < -0.4 is 0 Å². The van der Waals surface area contributed by atoms with E-state index in [9.17, 15) is 19.2 Å². The first kappa shape index (κ1) is 22.8. The molecule has 5 atom stereocenters.